The second-order valence-corrected chi connectivity index (χ2v) is 5.45. The van der Waals surface area contributed by atoms with E-state index in [9.17, 15) is 9.59 Å². The molecule has 0 spiro atoms. The number of Topliss-reactive ketones (excluding diaryl/α,β-unsaturated/α-hetero) is 1. The van der Waals surface area contributed by atoms with Crippen LogP contribution in [0, 0.1) is 0 Å². The fraction of sp³-hybridized carbons (Fsp3) is 0.158. The number of carboxylic acids is 1. The number of carbonyl (C=O) groups is 2. The van der Waals surface area contributed by atoms with Crippen molar-refractivity contribution in [3.63, 3.8) is 0 Å². The Hall–Kier alpha value is -2.88. The minimum atomic E-state index is -0.972. The van der Waals surface area contributed by atoms with Crippen LogP contribution in [0.15, 0.2) is 48.0 Å². The number of hydrogen-bond acceptors (Lipinski definition) is 3. The van der Waals surface area contributed by atoms with Crippen LogP contribution in [0.3, 0.4) is 0 Å². The first-order valence-corrected chi connectivity index (χ1v) is 7.34. The Morgan fingerprint density at radius 3 is 2.52 bits per heavy atom. The molecule has 1 aliphatic carbocycles. The molecule has 4 heteroatoms. The molecule has 0 amide bonds. The van der Waals surface area contributed by atoms with E-state index in [-0.39, 0.29) is 11.3 Å². The van der Waals surface area contributed by atoms with E-state index in [0.717, 1.165) is 22.4 Å². The summed E-state index contributed by atoms with van der Waals surface area (Å²) in [5, 5.41) is 9.04. The van der Waals surface area contributed by atoms with Crippen LogP contribution in [-0.4, -0.2) is 24.0 Å². The number of ether oxygens (including phenoxy) is 1. The molecular formula is C19H16O4. The van der Waals surface area contributed by atoms with Crippen molar-refractivity contribution in [1.82, 2.24) is 0 Å². The monoisotopic (exact) mass is 308 g/mol. The second-order valence-electron chi connectivity index (χ2n) is 5.45. The zero-order valence-corrected chi connectivity index (χ0v) is 12.7. The van der Waals surface area contributed by atoms with Crippen molar-refractivity contribution in [2.45, 2.75) is 12.8 Å². The lowest BCUT2D eigenvalue weighted by Gasteiger charge is -2.18. The summed E-state index contributed by atoms with van der Waals surface area (Å²) in [6, 6.07) is 12.2. The van der Waals surface area contributed by atoms with Crippen molar-refractivity contribution in [2.24, 2.45) is 0 Å². The summed E-state index contributed by atoms with van der Waals surface area (Å²) in [6.45, 7) is 0. The fourth-order valence-electron chi connectivity index (χ4n) is 2.75. The van der Waals surface area contributed by atoms with Crippen LogP contribution >= 0.6 is 0 Å². The maximum Gasteiger partial charge on any atom is 0.335 e. The molecule has 2 aromatic rings. The standard InChI is InChI=1S/C19H16O4/c1-23-16-7-2-12(3-8-16)10-14-5-4-13-11-15(19(21)22)6-9-17(13)18(14)20/h2-3,6-11H,4-5H2,1H3,(H,21,22)/b14-10+. The Morgan fingerprint density at radius 1 is 1.13 bits per heavy atom. The third kappa shape index (κ3) is 3.01. The van der Waals surface area contributed by atoms with Gasteiger partial charge < -0.3 is 9.84 Å². The molecule has 23 heavy (non-hydrogen) atoms. The average Bonchev–Trinajstić information content (AvgIpc) is 2.57. The number of carbonyl (C=O) groups excluding carboxylic acids is 1. The van der Waals surface area contributed by atoms with E-state index in [1.54, 1.807) is 19.2 Å². The molecule has 0 atom stereocenters. The number of aryl methyl sites for hydroxylation is 1. The van der Waals surface area contributed by atoms with Gasteiger partial charge in [0.05, 0.1) is 12.7 Å². The van der Waals surface area contributed by atoms with E-state index in [1.807, 2.05) is 30.3 Å². The van der Waals surface area contributed by atoms with Crippen molar-refractivity contribution < 1.29 is 19.4 Å². The molecular weight excluding hydrogens is 292 g/mol. The highest BCUT2D eigenvalue weighted by Gasteiger charge is 2.22. The molecule has 3 rings (SSSR count). The summed E-state index contributed by atoms with van der Waals surface area (Å²) in [6.07, 6.45) is 3.17. The number of fused-ring (bicyclic) bond motifs is 1. The minimum absolute atomic E-state index is 0.0287. The Labute approximate surface area is 134 Å². The maximum atomic E-state index is 12.6. The number of methoxy groups -OCH3 is 1. The molecule has 0 heterocycles. The Balaban J connectivity index is 1.90. The zero-order valence-electron chi connectivity index (χ0n) is 12.7. The van der Waals surface area contributed by atoms with E-state index < -0.39 is 5.97 Å². The first kappa shape index (κ1) is 15.0. The third-order valence-electron chi connectivity index (χ3n) is 4.01. The van der Waals surface area contributed by atoms with E-state index in [0.29, 0.717) is 18.4 Å². The van der Waals surface area contributed by atoms with Crippen molar-refractivity contribution in [3.05, 3.63) is 70.3 Å². The molecule has 0 fully saturated rings. The normalized spacial score (nSPS) is 15.3. The number of aromatic carboxylic acids is 1. The number of rotatable bonds is 3. The average molecular weight is 308 g/mol. The van der Waals surface area contributed by atoms with Gasteiger partial charge >= 0.3 is 5.97 Å². The molecule has 1 aliphatic rings. The Bertz CT molecular complexity index is 801. The van der Waals surface area contributed by atoms with Gasteiger partial charge in [-0.1, -0.05) is 12.1 Å². The molecule has 0 saturated heterocycles. The van der Waals surface area contributed by atoms with Gasteiger partial charge in [-0.15, -0.1) is 0 Å². The molecule has 0 aromatic heterocycles. The predicted molar refractivity (Wildman–Crippen MR) is 87.0 cm³/mol. The van der Waals surface area contributed by atoms with Gasteiger partial charge in [-0.25, -0.2) is 4.79 Å². The molecule has 116 valence electrons. The molecule has 0 unspecified atom stereocenters. The lowest BCUT2D eigenvalue weighted by atomic mass is 9.85. The van der Waals surface area contributed by atoms with E-state index >= 15 is 0 Å². The van der Waals surface area contributed by atoms with Crippen LogP contribution in [0.1, 0.15) is 38.3 Å². The van der Waals surface area contributed by atoms with Crippen LogP contribution in [0.4, 0.5) is 0 Å². The number of hydrogen-bond donors (Lipinski definition) is 1. The Kier molecular flexibility index (Phi) is 3.98. The van der Waals surface area contributed by atoms with Crippen molar-refractivity contribution >= 4 is 17.8 Å². The number of allylic oxidation sites excluding steroid dienone is 1. The van der Waals surface area contributed by atoms with Crippen LogP contribution < -0.4 is 4.74 Å². The summed E-state index contributed by atoms with van der Waals surface area (Å²) in [5.41, 5.74) is 3.31. The van der Waals surface area contributed by atoms with Gasteiger partial charge in [0.1, 0.15) is 5.75 Å². The molecule has 4 nitrogen and oxygen atoms in total. The number of ketones is 1. The van der Waals surface area contributed by atoms with E-state index in [1.165, 1.54) is 6.07 Å². The quantitative estimate of drug-likeness (QED) is 0.880. The van der Waals surface area contributed by atoms with Gasteiger partial charge in [0, 0.05) is 11.1 Å². The summed E-state index contributed by atoms with van der Waals surface area (Å²) < 4.78 is 5.12. The molecule has 0 saturated carbocycles. The van der Waals surface area contributed by atoms with Gasteiger partial charge in [-0.2, -0.15) is 0 Å². The molecule has 0 bridgehead atoms. The lowest BCUT2D eigenvalue weighted by Crippen LogP contribution is -2.15. The van der Waals surface area contributed by atoms with Crippen LogP contribution in [-0.2, 0) is 6.42 Å². The number of benzene rings is 2. The zero-order chi connectivity index (χ0) is 16.4. The van der Waals surface area contributed by atoms with E-state index in [2.05, 4.69) is 0 Å². The first-order chi connectivity index (χ1) is 11.1. The summed E-state index contributed by atoms with van der Waals surface area (Å²) in [5.74, 6) is -0.229. The Morgan fingerprint density at radius 2 is 1.87 bits per heavy atom. The van der Waals surface area contributed by atoms with E-state index in [4.69, 9.17) is 9.84 Å². The molecule has 1 N–H and O–H groups in total. The van der Waals surface area contributed by atoms with Crippen LogP contribution in [0.2, 0.25) is 0 Å². The topological polar surface area (TPSA) is 63.6 Å². The second kappa shape index (κ2) is 6.08. The summed E-state index contributed by atoms with van der Waals surface area (Å²) in [4.78, 5) is 23.6. The van der Waals surface area contributed by atoms with Crippen molar-refractivity contribution in [3.8, 4) is 5.75 Å². The van der Waals surface area contributed by atoms with Crippen molar-refractivity contribution in [1.29, 1.82) is 0 Å². The van der Waals surface area contributed by atoms with Crippen molar-refractivity contribution in [2.75, 3.05) is 7.11 Å². The highest BCUT2D eigenvalue weighted by molar-refractivity contribution is 6.13. The van der Waals surface area contributed by atoms with Gasteiger partial charge in [0.15, 0.2) is 5.78 Å². The predicted octanol–water partition coefficient (Wildman–Crippen LogP) is 3.61. The molecule has 2 aromatic carbocycles. The fourth-order valence-corrected chi connectivity index (χ4v) is 2.75. The largest absolute Gasteiger partial charge is 0.497 e. The minimum Gasteiger partial charge on any atom is -0.497 e. The van der Waals surface area contributed by atoms with Crippen LogP contribution in [0.25, 0.3) is 6.08 Å². The van der Waals surface area contributed by atoms with Gasteiger partial charge in [0.25, 0.3) is 0 Å². The smallest absolute Gasteiger partial charge is 0.335 e. The summed E-state index contributed by atoms with van der Waals surface area (Å²) >= 11 is 0. The lowest BCUT2D eigenvalue weighted by molar-refractivity contribution is 0.0696. The molecule has 0 radical (unpaired) electrons. The van der Waals surface area contributed by atoms with Gasteiger partial charge in [0.2, 0.25) is 0 Å². The SMILES string of the molecule is COc1ccc(/C=C2\CCc3cc(C(=O)O)ccc3C2=O)cc1. The summed E-state index contributed by atoms with van der Waals surface area (Å²) in [7, 11) is 1.61. The third-order valence-corrected chi connectivity index (χ3v) is 4.01. The highest BCUT2D eigenvalue weighted by Crippen LogP contribution is 2.28. The highest BCUT2D eigenvalue weighted by atomic mass is 16.5. The number of carboxylic acid groups (broad SMARTS) is 1. The maximum absolute atomic E-state index is 12.6. The first-order valence-electron chi connectivity index (χ1n) is 7.34. The van der Waals surface area contributed by atoms with Crippen LogP contribution in [0.5, 0.6) is 5.75 Å². The van der Waals surface area contributed by atoms with Gasteiger partial charge in [-0.05, 0) is 60.4 Å². The van der Waals surface area contributed by atoms with Gasteiger partial charge in [-0.3, -0.25) is 4.79 Å². The molecule has 0 aliphatic heterocycles.